The van der Waals surface area contributed by atoms with Gasteiger partial charge in [-0.3, -0.25) is 43.8 Å². The number of carboxylic acids is 1. The Morgan fingerprint density at radius 3 is 1.29 bits per heavy atom. The molecule has 4 aromatic heterocycles. The van der Waals surface area contributed by atoms with Gasteiger partial charge in [-0.25, -0.2) is 29.4 Å². The minimum atomic E-state index is -1.44. The third kappa shape index (κ3) is 22.1. The molecular weight excluding hydrogens is 1740 g/mol. The van der Waals surface area contributed by atoms with E-state index in [1.165, 1.54) is 50.7 Å². The Hall–Kier alpha value is -11.4. The molecule has 13 rings (SSSR count). The van der Waals surface area contributed by atoms with E-state index in [1.807, 2.05) is 0 Å². The van der Waals surface area contributed by atoms with Crippen molar-refractivity contribution in [2.45, 2.75) is 108 Å². The Labute approximate surface area is 728 Å². The van der Waals surface area contributed by atoms with Gasteiger partial charge in [-0.15, -0.1) is 22.7 Å². The second-order valence-electron chi connectivity index (χ2n) is 27.9. The highest BCUT2D eigenvalue weighted by Gasteiger charge is 2.37. The van der Waals surface area contributed by atoms with Gasteiger partial charge in [0.2, 0.25) is 0 Å². The Morgan fingerprint density at radius 2 is 0.917 bits per heavy atom. The number of halogens is 6. The summed E-state index contributed by atoms with van der Waals surface area (Å²) in [5.41, 5.74) is 13.4. The highest BCUT2D eigenvalue weighted by atomic mass is 35.5. The quantitative estimate of drug-likeness (QED) is 0.0106. The largest absolute Gasteiger partial charge is 0.480 e. The average molecular weight is 1820 g/mol. The van der Waals surface area contributed by atoms with Crippen LogP contribution in [-0.4, -0.2) is 262 Å². The number of carbonyl (C=O) groups excluding carboxylic acids is 9. The van der Waals surface area contributed by atoms with Crippen molar-refractivity contribution in [3.8, 4) is 0 Å². The number of carbonyl (C=O) groups is 10. The maximum Gasteiger partial charge on any atom is 0.330 e. The van der Waals surface area contributed by atoms with Crippen LogP contribution in [0.2, 0.25) is 30.1 Å². The molecule has 121 heavy (non-hydrogen) atoms. The number of aliphatic carboxylic acids is 1. The number of hydrogen-bond donors (Lipinski definition) is 11. The second kappa shape index (κ2) is 41.3. The number of aliphatic hydroxyl groups is 1. The number of esters is 4. The van der Waals surface area contributed by atoms with Crippen molar-refractivity contribution in [3.05, 3.63) is 167 Å². The zero-order valence-corrected chi connectivity index (χ0v) is 71.0. The molecule has 10 heterocycles. The van der Waals surface area contributed by atoms with Crippen LogP contribution in [-0.2, 0) is 81.8 Å². The molecule has 0 radical (unpaired) electrons. The predicted octanol–water partition coefficient (Wildman–Crippen LogP) is 6.31. The molecule has 638 valence electrons. The number of carboxylic acid groups (broad SMARTS) is 1. The van der Waals surface area contributed by atoms with Crippen LogP contribution in [0.5, 0.6) is 0 Å². The summed E-state index contributed by atoms with van der Waals surface area (Å²) in [6.45, 7) is 28.1. The fourth-order valence-corrected chi connectivity index (χ4v) is 18.3. The Bertz CT molecular complexity index is 5370. The van der Waals surface area contributed by atoms with Gasteiger partial charge in [-0.2, -0.15) is 44.8 Å². The van der Waals surface area contributed by atoms with Crippen LogP contribution in [0.3, 0.4) is 0 Å². The number of likely N-dealkylation sites (tertiary alicyclic amines) is 3. The number of aliphatic hydroxyl groups excluding tert-OH is 1. The van der Waals surface area contributed by atoms with Gasteiger partial charge in [-0.1, -0.05) is 85.9 Å². The van der Waals surface area contributed by atoms with E-state index in [4.69, 9.17) is 108 Å². The lowest BCUT2D eigenvalue weighted by Gasteiger charge is -2.30. The van der Waals surface area contributed by atoms with Gasteiger partial charge in [0.1, 0.15) is 30.3 Å². The van der Waals surface area contributed by atoms with E-state index in [9.17, 15) is 58.2 Å². The number of nitrogens with zero attached hydrogens (tertiary/aromatic N) is 13. The molecule has 46 heteroatoms. The number of aromatic amines is 2. The molecule has 3 aromatic carbocycles. The van der Waals surface area contributed by atoms with Crippen LogP contribution in [0.4, 0.5) is 0 Å². The summed E-state index contributed by atoms with van der Waals surface area (Å²) >= 11 is 42.0. The highest BCUT2D eigenvalue weighted by molar-refractivity contribution is 7.21. The summed E-state index contributed by atoms with van der Waals surface area (Å²) in [5, 5.41) is 44.7. The second-order valence-corrected chi connectivity index (χ2v) is 32.4. The summed E-state index contributed by atoms with van der Waals surface area (Å²) in [4.78, 5) is 158. The molecule has 11 N–H and O–H groups in total. The van der Waals surface area contributed by atoms with Gasteiger partial charge in [0, 0.05) is 85.6 Å². The molecule has 0 spiro atoms. The summed E-state index contributed by atoms with van der Waals surface area (Å²) in [5.74, 6) is -5.59. The molecule has 3 saturated heterocycles. The lowest BCUT2D eigenvalue weighted by Crippen LogP contribution is -2.45. The molecule has 3 fully saturated rings. The molecule has 0 unspecified atom stereocenters. The highest BCUT2D eigenvalue weighted by Crippen LogP contribution is 2.39. The minimum Gasteiger partial charge on any atom is -0.480 e. The summed E-state index contributed by atoms with van der Waals surface area (Å²) in [7, 11) is 2.37. The predicted molar refractivity (Wildman–Crippen MR) is 447 cm³/mol. The van der Waals surface area contributed by atoms with E-state index >= 15 is 0 Å². The number of fused-ring (bicyclic) bond motifs is 5. The smallest absolute Gasteiger partial charge is 0.330 e. The molecule has 0 aliphatic carbocycles. The molecule has 38 nitrogen and oxygen atoms in total. The van der Waals surface area contributed by atoms with E-state index in [0.29, 0.717) is 123 Å². The van der Waals surface area contributed by atoms with Gasteiger partial charge in [0.05, 0.1) is 142 Å². The van der Waals surface area contributed by atoms with Gasteiger partial charge < -0.3 is 74.9 Å². The molecule has 7 aromatic rings. The van der Waals surface area contributed by atoms with Gasteiger partial charge in [0.15, 0.2) is 0 Å². The third-order valence-electron chi connectivity index (χ3n) is 20.0. The summed E-state index contributed by atoms with van der Waals surface area (Å²) in [6, 6.07) is 4.56. The van der Waals surface area contributed by atoms with E-state index < -0.39 is 71.8 Å². The first kappa shape index (κ1) is 90.4. The van der Waals surface area contributed by atoms with Crippen molar-refractivity contribution in [3.63, 3.8) is 0 Å². The lowest BCUT2D eigenvalue weighted by molar-refractivity contribution is -0.146. The van der Waals surface area contributed by atoms with Gasteiger partial charge >= 0.3 is 29.8 Å². The standard InChI is InChI=1S/C28H28Cl2N8O6S.C25H24Cl2N8O5S.C22H26Cl2N6O5/c1-14(39)44-16-4-6-38(13-16)28(36-31-2)32-10-20(27(42)43-3)34-25(40)23-18(29)8-15-12-37(7-5-17(15)24(23)30)26(41)21-9-19-22(45-21)11-33-35-19;1-28-33-25(35-4-2-13(36)11-35)29-8-17(24(39)40)31-22(37)20-15(26)6-12-10-34(5-3-14(12)21(20)27)23(38)18-7-16-19(41-18)9-30-32-16;1-12(31)35-14-5-7-30(11-14)22(29-25-2)27-10-17(21(33)34-3)28-20(32)18-16(23)8-13-9-26-6-4-15(13)19(18)24/h8-9,11,16,20H,4-7,10,12-13H2,1,3H3,(H,32,36)(H,33,35)(H,34,40);6-7,9,13,17,36H,2-5,8,10-11H2,(H,29,33)(H,30,32)(H,31,37)(H,39,40);8,14,17,26H,4-7,9-11H2,1,3H3,(H,27,29)(H,28,32)/t16-,20-;13-,17-;14-,17-/m000/s1. The van der Waals surface area contributed by atoms with E-state index in [0.717, 1.165) is 38.1 Å². The number of benzene rings is 3. The van der Waals surface area contributed by atoms with E-state index in [-0.39, 0.29) is 128 Å². The fourth-order valence-electron chi connectivity index (χ4n) is 14.1. The maximum atomic E-state index is 13.5. The first-order valence-electron chi connectivity index (χ1n) is 37.2. The van der Waals surface area contributed by atoms with Gasteiger partial charge in [0.25, 0.3) is 47.4 Å². The Balaban J connectivity index is 0.000000179. The minimum absolute atomic E-state index is 0.0157. The molecule has 6 aliphatic rings. The number of aromatic nitrogens is 4. The number of ether oxygens (including phenoxy) is 4. The van der Waals surface area contributed by atoms with Crippen LogP contribution in [0, 0.1) is 19.7 Å². The van der Waals surface area contributed by atoms with Crippen LogP contribution in [0.25, 0.3) is 35.3 Å². The Kier molecular flexibility index (Phi) is 30.8. The summed E-state index contributed by atoms with van der Waals surface area (Å²) in [6.07, 6.45) is 5.08. The molecule has 5 amide bonds. The molecule has 0 saturated carbocycles. The number of thiophene rings is 2. The van der Waals surface area contributed by atoms with Gasteiger partial charge in [-0.05, 0) is 95.9 Å². The monoisotopic (exact) mass is 1820 g/mol. The van der Waals surface area contributed by atoms with Crippen LogP contribution in [0.15, 0.2) is 57.7 Å². The zero-order valence-electron chi connectivity index (χ0n) is 64.9. The van der Waals surface area contributed by atoms with Crippen molar-refractivity contribution >= 4 is 190 Å². The van der Waals surface area contributed by atoms with E-state index in [2.05, 4.69) is 87.8 Å². The molecule has 0 bridgehead atoms. The number of H-pyrrole nitrogens is 2. The number of guanidine groups is 3. The average Bonchev–Trinajstić information content (AvgIpc) is 1.43. The zero-order chi connectivity index (χ0) is 87.0. The van der Waals surface area contributed by atoms with Crippen LogP contribution < -0.4 is 37.5 Å². The number of aliphatic imine (C=N–C) groups is 3. The normalized spacial score (nSPS) is 17.6. The van der Waals surface area contributed by atoms with Crippen LogP contribution in [0.1, 0.15) is 117 Å². The number of rotatable bonds is 19. The first-order valence-corrected chi connectivity index (χ1v) is 41.1. The van der Waals surface area contributed by atoms with Crippen molar-refractivity contribution in [2.75, 3.05) is 92.8 Å². The third-order valence-corrected chi connectivity index (χ3v) is 24.2. The topological polar surface area (TPSA) is 456 Å². The van der Waals surface area contributed by atoms with Crippen molar-refractivity contribution in [2.24, 2.45) is 15.0 Å². The fraction of sp³-hybridized carbons (Fsp3) is 0.413. The van der Waals surface area contributed by atoms with E-state index in [1.54, 1.807) is 67.2 Å². The number of methoxy groups -OCH3 is 2. The first-order chi connectivity index (χ1) is 58.0. The molecular formula is C75H78Cl6N22O16S2. The summed E-state index contributed by atoms with van der Waals surface area (Å²) < 4.78 is 21.9. The molecule has 6 atom stereocenters. The maximum absolute atomic E-state index is 13.5. The van der Waals surface area contributed by atoms with Crippen LogP contribution >= 0.6 is 92.3 Å². The number of hydrogen-bond acceptors (Lipinski definition) is 23. The SMILES string of the molecule is [C-]#[N+]NC(=NC[C@H](NC(=O)c1c(Cl)cc2c(c1Cl)CCN(C(=O)c1cc3[nH]ncc3s1)C2)C(=O)O)N1CC[C@H](O)C1.[C-]#[N+]NC(=NC[C@H](NC(=O)c1c(Cl)cc2c(c1Cl)CCN(C(=O)c1cc3[nH]ncc3s1)C2)C(=O)OC)N1CC[C@H](OC(C)=O)C1.[C-]#[N+]NC(=NC[C@H](NC(=O)c1c(Cl)cc2c(c1Cl)CCNC2)C(=O)OC)N1CC[C@H](OC(C)=O)C1. The Morgan fingerprint density at radius 1 is 0.537 bits per heavy atom. The molecule has 6 aliphatic heterocycles. The van der Waals surface area contributed by atoms with Crippen molar-refractivity contribution in [1.82, 2.24) is 82.4 Å². The lowest BCUT2D eigenvalue weighted by atomic mass is 9.96. The number of amides is 5. The number of nitrogens with one attached hydrogen (secondary N) is 9. The van der Waals surface area contributed by atoms with Crippen molar-refractivity contribution in [1.29, 1.82) is 0 Å². The van der Waals surface area contributed by atoms with Crippen molar-refractivity contribution < 1.29 is 77.1 Å². The number of β-amino-alcohol motifs (C(OH)–C–C–N with tert-alkyl or cyclic N) is 1.